The molecule has 0 unspecified atom stereocenters. The molecule has 1 aliphatic heterocycles. The van der Waals surface area contributed by atoms with E-state index in [1.54, 1.807) is 14.2 Å². The second-order valence-electron chi connectivity index (χ2n) is 10.1. The molecule has 2 atom stereocenters. The fourth-order valence-electron chi connectivity index (χ4n) is 6.75. The molecule has 0 N–H and O–H groups in total. The van der Waals surface area contributed by atoms with Gasteiger partial charge in [-0.2, -0.15) is 0 Å². The fraction of sp³-hybridized carbons (Fsp3) is 0.344. The summed E-state index contributed by atoms with van der Waals surface area (Å²) in [4.78, 5) is 13.8. The summed E-state index contributed by atoms with van der Waals surface area (Å²) in [6.45, 7) is 4.35. The van der Waals surface area contributed by atoms with Gasteiger partial charge in [-0.05, 0) is 60.7 Å². The van der Waals surface area contributed by atoms with Crippen LogP contribution in [0.1, 0.15) is 66.2 Å². The minimum Gasteiger partial charge on any atom is -0.493 e. The second-order valence-corrected chi connectivity index (χ2v) is 10.1. The lowest BCUT2D eigenvalue weighted by Crippen LogP contribution is -2.28. The van der Waals surface area contributed by atoms with Crippen LogP contribution in [0.3, 0.4) is 0 Å². The Morgan fingerprint density at radius 3 is 2.46 bits per heavy atom. The maximum atomic E-state index is 13.8. The lowest BCUT2D eigenvalue weighted by Gasteiger charge is -2.40. The van der Waals surface area contributed by atoms with Crippen molar-refractivity contribution in [2.45, 2.75) is 51.5 Å². The number of rotatable bonds is 5. The van der Waals surface area contributed by atoms with Crippen LogP contribution in [0.5, 0.6) is 11.5 Å². The number of carbonyl (C=O) groups is 1. The zero-order valence-corrected chi connectivity index (χ0v) is 22.0. The molecular formula is C32H33NO4. The third-order valence-electron chi connectivity index (χ3n) is 8.26. The molecule has 0 spiro atoms. The summed E-state index contributed by atoms with van der Waals surface area (Å²) >= 11 is 0. The van der Waals surface area contributed by atoms with Crippen LogP contribution in [0.15, 0.2) is 54.6 Å². The summed E-state index contributed by atoms with van der Waals surface area (Å²) < 4.78 is 19.6. The number of hydrogen-bond donors (Lipinski definition) is 0. The average molecular weight is 496 g/mol. The Bertz CT molecular complexity index is 1510. The Morgan fingerprint density at radius 2 is 1.68 bits per heavy atom. The molecule has 3 aromatic carbocycles. The van der Waals surface area contributed by atoms with Gasteiger partial charge in [0.2, 0.25) is 0 Å². The first kappa shape index (κ1) is 23.7. The molecule has 190 valence electrons. The van der Waals surface area contributed by atoms with Crippen LogP contribution in [0.2, 0.25) is 0 Å². The number of ether oxygens (including phenoxy) is 3. The molecule has 6 rings (SSSR count). The molecule has 1 aliphatic carbocycles. The monoisotopic (exact) mass is 495 g/mol. The maximum Gasteiger partial charge on any atom is 0.340 e. The largest absolute Gasteiger partial charge is 0.493 e. The van der Waals surface area contributed by atoms with E-state index in [0.29, 0.717) is 23.8 Å². The van der Waals surface area contributed by atoms with Crippen molar-refractivity contribution in [3.05, 3.63) is 71.4 Å². The second kappa shape index (κ2) is 9.29. The van der Waals surface area contributed by atoms with E-state index < -0.39 is 0 Å². The smallest absolute Gasteiger partial charge is 0.340 e. The predicted molar refractivity (Wildman–Crippen MR) is 147 cm³/mol. The molecule has 2 aliphatic rings. The lowest BCUT2D eigenvalue weighted by molar-refractivity contribution is 0.0528. The van der Waals surface area contributed by atoms with Gasteiger partial charge in [-0.25, -0.2) is 4.79 Å². The molecule has 2 heterocycles. The standard InChI is InChI=1S/C32H33NO4/c1-5-37-32(34)30-29(23-15-10-12-20-11-6-7-13-21(20)23)19(2)33-26-16-9-8-14-22(26)24-17-27(35-3)28(36-4)18-25(24)31(30)33/h6-7,10-13,15,17-18,22,26H,5,8-9,14,16H2,1-4H3/t22-,26-/m1/s1. The molecule has 5 heteroatoms. The van der Waals surface area contributed by atoms with Gasteiger partial charge in [-0.15, -0.1) is 0 Å². The van der Waals surface area contributed by atoms with E-state index in [1.165, 1.54) is 18.4 Å². The van der Waals surface area contributed by atoms with E-state index in [4.69, 9.17) is 14.2 Å². The molecule has 1 aromatic heterocycles. The van der Waals surface area contributed by atoms with E-state index >= 15 is 0 Å². The molecule has 0 amide bonds. The highest BCUT2D eigenvalue weighted by Crippen LogP contribution is 2.56. The van der Waals surface area contributed by atoms with Crippen molar-refractivity contribution in [2.75, 3.05) is 20.8 Å². The summed E-state index contributed by atoms with van der Waals surface area (Å²) in [6, 6.07) is 19.2. The Labute approximate surface area is 218 Å². The van der Waals surface area contributed by atoms with Crippen LogP contribution in [-0.4, -0.2) is 31.4 Å². The SMILES string of the molecule is CCOC(=O)c1c(-c2cccc3ccccc23)c(C)n2c1-c1cc(OC)c(OC)cc1[C@H]1CCCC[C@H]12. The summed E-state index contributed by atoms with van der Waals surface area (Å²) in [5, 5.41) is 2.29. The minimum absolute atomic E-state index is 0.280. The van der Waals surface area contributed by atoms with Gasteiger partial charge in [-0.3, -0.25) is 0 Å². The van der Waals surface area contributed by atoms with Crippen molar-refractivity contribution < 1.29 is 19.0 Å². The topological polar surface area (TPSA) is 49.7 Å². The van der Waals surface area contributed by atoms with Crippen molar-refractivity contribution in [2.24, 2.45) is 0 Å². The summed E-state index contributed by atoms with van der Waals surface area (Å²) in [5.41, 5.74) is 7.02. The number of carbonyl (C=O) groups excluding carboxylic acids is 1. The Morgan fingerprint density at radius 1 is 0.946 bits per heavy atom. The molecular weight excluding hydrogens is 462 g/mol. The number of nitrogens with zero attached hydrogens (tertiary/aromatic N) is 1. The van der Waals surface area contributed by atoms with Crippen LogP contribution in [0.25, 0.3) is 33.2 Å². The quantitative estimate of drug-likeness (QED) is 0.266. The number of benzene rings is 3. The van der Waals surface area contributed by atoms with Crippen LogP contribution in [0.4, 0.5) is 0 Å². The van der Waals surface area contributed by atoms with E-state index in [0.717, 1.165) is 57.4 Å². The molecule has 4 aromatic rings. The summed E-state index contributed by atoms with van der Waals surface area (Å²) in [7, 11) is 3.34. The van der Waals surface area contributed by atoms with Crippen LogP contribution in [-0.2, 0) is 4.74 Å². The first-order valence-corrected chi connectivity index (χ1v) is 13.2. The molecule has 0 bridgehead atoms. The van der Waals surface area contributed by atoms with Crippen molar-refractivity contribution in [1.82, 2.24) is 4.57 Å². The number of methoxy groups -OCH3 is 2. The van der Waals surface area contributed by atoms with E-state index in [-0.39, 0.29) is 12.0 Å². The highest BCUT2D eigenvalue weighted by molar-refractivity contribution is 6.09. The van der Waals surface area contributed by atoms with Crippen molar-refractivity contribution >= 4 is 16.7 Å². The van der Waals surface area contributed by atoms with E-state index in [1.807, 2.05) is 6.92 Å². The van der Waals surface area contributed by atoms with Gasteiger partial charge >= 0.3 is 5.97 Å². The molecule has 1 fully saturated rings. The highest BCUT2D eigenvalue weighted by atomic mass is 16.5. The van der Waals surface area contributed by atoms with Gasteiger partial charge in [0.25, 0.3) is 0 Å². The van der Waals surface area contributed by atoms with E-state index in [9.17, 15) is 4.79 Å². The third-order valence-corrected chi connectivity index (χ3v) is 8.26. The van der Waals surface area contributed by atoms with Gasteiger partial charge in [0.15, 0.2) is 11.5 Å². The van der Waals surface area contributed by atoms with Gasteiger partial charge in [-0.1, -0.05) is 55.3 Å². The van der Waals surface area contributed by atoms with Gasteiger partial charge in [0.05, 0.1) is 32.1 Å². The molecule has 1 saturated carbocycles. The van der Waals surface area contributed by atoms with Crippen molar-refractivity contribution in [1.29, 1.82) is 0 Å². The zero-order valence-electron chi connectivity index (χ0n) is 22.0. The third kappa shape index (κ3) is 3.55. The van der Waals surface area contributed by atoms with Gasteiger partial charge in [0, 0.05) is 28.8 Å². The number of esters is 1. The minimum atomic E-state index is -0.280. The number of hydrogen-bond acceptors (Lipinski definition) is 4. The van der Waals surface area contributed by atoms with Gasteiger partial charge < -0.3 is 18.8 Å². The normalized spacial score (nSPS) is 18.1. The Hall–Kier alpha value is -3.73. The predicted octanol–water partition coefficient (Wildman–Crippen LogP) is 7.69. The molecule has 0 radical (unpaired) electrons. The van der Waals surface area contributed by atoms with Gasteiger partial charge in [0.1, 0.15) is 0 Å². The average Bonchev–Trinajstić information content (AvgIpc) is 3.25. The molecule has 0 saturated heterocycles. The molecule has 37 heavy (non-hydrogen) atoms. The van der Waals surface area contributed by atoms with Crippen molar-refractivity contribution in [3.63, 3.8) is 0 Å². The number of aromatic nitrogens is 1. The summed E-state index contributed by atoms with van der Waals surface area (Å²) in [6.07, 6.45) is 4.57. The van der Waals surface area contributed by atoms with Crippen LogP contribution >= 0.6 is 0 Å². The van der Waals surface area contributed by atoms with Crippen molar-refractivity contribution in [3.8, 4) is 33.9 Å². The number of fused-ring (bicyclic) bond motifs is 7. The summed E-state index contributed by atoms with van der Waals surface area (Å²) in [5.74, 6) is 1.48. The first-order chi connectivity index (χ1) is 18.1. The fourth-order valence-corrected chi connectivity index (χ4v) is 6.75. The highest BCUT2D eigenvalue weighted by Gasteiger charge is 2.41. The first-order valence-electron chi connectivity index (χ1n) is 13.2. The zero-order chi connectivity index (χ0) is 25.7. The Kier molecular flexibility index (Phi) is 5.94. The molecule has 5 nitrogen and oxygen atoms in total. The van der Waals surface area contributed by atoms with Crippen LogP contribution in [0, 0.1) is 6.92 Å². The van der Waals surface area contributed by atoms with Crippen LogP contribution < -0.4 is 9.47 Å². The van der Waals surface area contributed by atoms with E-state index in [2.05, 4.69) is 66.1 Å². The maximum absolute atomic E-state index is 13.8. The Balaban J connectivity index is 1.74. The lowest BCUT2D eigenvalue weighted by atomic mass is 9.75.